The van der Waals surface area contributed by atoms with Crippen molar-refractivity contribution in [1.82, 2.24) is 14.8 Å². The fourth-order valence-electron chi connectivity index (χ4n) is 1.50. The summed E-state index contributed by atoms with van der Waals surface area (Å²) in [6, 6.07) is 8.86. The molecule has 19 heavy (non-hydrogen) atoms. The number of nitrogen functional groups attached to an aromatic ring is 1. The van der Waals surface area contributed by atoms with Crippen LogP contribution in [-0.2, 0) is 6.54 Å². The lowest BCUT2D eigenvalue weighted by Gasteiger charge is -2.13. The van der Waals surface area contributed by atoms with Gasteiger partial charge in [-0.3, -0.25) is 0 Å². The molecule has 2 rings (SSSR count). The Morgan fingerprint density at radius 3 is 2.95 bits per heavy atom. The lowest BCUT2D eigenvalue weighted by atomic mass is 10.3. The Kier molecular flexibility index (Phi) is 3.95. The van der Waals surface area contributed by atoms with Gasteiger partial charge >= 0.3 is 0 Å². The first-order valence-corrected chi connectivity index (χ1v) is 5.64. The number of aliphatic hydroxyl groups excluding tert-OH is 1. The van der Waals surface area contributed by atoms with Crippen LogP contribution in [0.3, 0.4) is 0 Å². The fraction of sp³-hybridized carbons (Fsp3) is 0.250. The summed E-state index contributed by atoms with van der Waals surface area (Å²) in [7, 11) is 0. The van der Waals surface area contributed by atoms with Gasteiger partial charge in [-0.05, 0) is 12.1 Å². The number of benzene rings is 1. The SMILES string of the molecule is N#Cc1ncn(CC(O)COc2ccccc2N)n1. The van der Waals surface area contributed by atoms with Gasteiger partial charge in [0.05, 0.1) is 12.2 Å². The topological polar surface area (TPSA) is 110 Å². The minimum Gasteiger partial charge on any atom is -0.489 e. The first-order valence-electron chi connectivity index (χ1n) is 5.64. The van der Waals surface area contributed by atoms with E-state index in [1.807, 2.05) is 6.07 Å². The van der Waals surface area contributed by atoms with Crippen LogP contribution in [0.5, 0.6) is 5.75 Å². The predicted octanol–water partition coefficient (Wildman–Crippen LogP) is 0.172. The molecule has 7 nitrogen and oxygen atoms in total. The van der Waals surface area contributed by atoms with Crippen LogP contribution in [0.15, 0.2) is 30.6 Å². The number of aliphatic hydroxyl groups is 1. The normalized spacial score (nSPS) is 11.8. The smallest absolute Gasteiger partial charge is 0.252 e. The van der Waals surface area contributed by atoms with Crippen LogP contribution >= 0.6 is 0 Å². The minimum atomic E-state index is -0.771. The van der Waals surface area contributed by atoms with Crippen molar-refractivity contribution in [2.24, 2.45) is 0 Å². The number of nitriles is 1. The van der Waals surface area contributed by atoms with Crippen molar-refractivity contribution in [2.75, 3.05) is 12.3 Å². The Labute approximate surface area is 109 Å². The maximum absolute atomic E-state index is 9.80. The molecule has 0 fully saturated rings. The van der Waals surface area contributed by atoms with Gasteiger partial charge < -0.3 is 15.6 Å². The van der Waals surface area contributed by atoms with Gasteiger partial charge in [0, 0.05) is 0 Å². The molecule has 0 spiro atoms. The lowest BCUT2D eigenvalue weighted by Crippen LogP contribution is -2.24. The largest absolute Gasteiger partial charge is 0.489 e. The molecule has 2 aromatic rings. The molecule has 1 heterocycles. The van der Waals surface area contributed by atoms with E-state index in [1.54, 1.807) is 24.3 Å². The summed E-state index contributed by atoms with van der Waals surface area (Å²) in [5, 5.41) is 22.2. The van der Waals surface area contributed by atoms with Crippen LogP contribution in [0, 0.1) is 11.3 Å². The summed E-state index contributed by atoms with van der Waals surface area (Å²) in [5.41, 5.74) is 6.23. The van der Waals surface area contributed by atoms with Gasteiger partial charge in [0.2, 0.25) is 0 Å². The van der Waals surface area contributed by atoms with E-state index in [4.69, 9.17) is 15.7 Å². The zero-order valence-corrected chi connectivity index (χ0v) is 10.1. The number of anilines is 1. The molecule has 1 unspecified atom stereocenters. The number of nitrogens with zero attached hydrogens (tertiary/aromatic N) is 4. The second kappa shape index (κ2) is 5.84. The van der Waals surface area contributed by atoms with E-state index >= 15 is 0 Å². The van der Waals surface area contributed by atoms with Gasteiger partial charge in [0.15, 0.2) is 0 Å². The minimum absolute atomic E-state index is 0.0698. The van der Waals surface area contributed by atoms with Crippen LogP contribution in [0.4, 0.5) is 5.69 Å². The zero-order chi connectivity index (χ0) is 13.7. The van der Waals surface area contributed by atoms with Gasteiger partial charge in [-0.15, -0.1) is 5.10 Å². The third-order valence-electron chi connectivity index (χ3n) is 2.38. The molecule has 0 aliphatic heterocycles. The number of aromatic nitrogens is 3. The molecule has 0 saturated heterocycles. The summed E-state index contributed by atoms with van der Waals surface area (Å²) >= 11 is 0. The highest BCUT2D eigenvalue weighted by Crippen LogP contribution is 2.19. The monoisotopic (exact) mass is 259 g/mol. The molecule has 98 valence electrons. The third-order valence-corrected chi connectivity index (χ3v) is 2.38. The Hall–Kier alpha value is -2.59. The van der Waals surface area contributed by atoms with Crippen molar-refractivity contribution in [3.63, 3.8) is 0 Å². The van der Waals surface area contributed by atoms with E-state index in [0.717, 1.165) is 0 Å². The van der Waals surface area contributed by atoms with Crippen molar-refractivity contribution in [3.8, 4) is 11.8 Å². The Morgan fingerprint density at radius 1 is 1.47 bits per heavy atom. The molecular weight excluding hydrogens is 246 g/mol. The lowest BCUT2D eigenvalue weighted by molar-refractivity contribution is 0.0896. The van der Waals surface area contributed by atoms with Crippen molar-refractivity contribution in [3.05, 3.63) is 36.4 Å². The van der Waals surface area contributed by atoms with Gasteiger partial charge in [-0.2, -0.15) is 5.26 Å². The van der Waals surface area contributed by atoms with Crippen LogP contribution in [0.1, 0.15) is 5.82 Å². The molecule has 7 heteroatoms. The van der Waals surface area contributed by atoms with E-state index in [0.29, 0.717) is 11.4 Å². The molecule has 0 saturated carbocycles. The van der Waals surface area contributed by atoms with Crippen LogP contribution in [0.25, 0.3) is 0 Å². The highest BCUT2D eigenvalue weighted by atomic mass is 16.5. The maximum atomic E-state index is 9.80. The second-order valence-electron chi connectivity index (χ2n) is 3.90. The van der Waals surface area contributed by atoms with Gasteiger partial charge in [-0.1, -0.05) is 12.1 Å². The molecule has 0 aliphatic rings. The third kappa shape index (κ3) is 3.43. The maximum Gasteiger partial charge on any atom is 0.252 e. The number of para-hydroxylation sites is 2. The van der Waals surface area contributed by atoms with Gasteiger partial charge in [0.1, 0.15) is 30.9 Å². The average molecular weight is 259 g/mol. The van der Waals surface area contributed by atoms with Crippen LogP contribution in [-0.4, -0.2) is 32.6 Å². The number of nitrogens with two attached hydrogens (primary N) is 1. The molecule has 0 amide bonds. The van der Waals surface area contributed by atoms with Gasteiger partial charge in [0.25, 0.3) is 5.82 Å². The molecule has 3 N–H and O–H groups in total. The van der Waals surface area contributed by atoms with E-state index < -0.39 is 6.10 Å². The quantitative estimate of drug-likeness (QED) is 0.741. The van der Waals surface area contributed by atoms with E-state index in [9.17, 15) is 5.11 Å². The van der Waals surface area contributed by atoms with Crippen molar-refractivity contribution < 1.29 is 9.84 Å². The Bertz CT molecular complexity index is 590. The Morgan fingerprint density at radius 2 is 2.26 bits per heavy atom. The zero-order valence-electron chi connectivity index (χ0n) is 10.1. The molecule has 1 atom stereocenters. The van der Waals surface area contributed by atoms with E-state index in [2.05, 4.69) is 10.1 Å². The van der Waals surface area contributed by atoms with E-state index in [1.165, 1.54) is 11.0 Å². The first-order chi connectivity index (χ1) is 9.19. The number of hydrogen-bond acceptors (Lipinski definition) is 6. The molecular formula is C12H13N5O2. The molecule has 0 aliphatic carbocycles. The number of hydrogen-bond donors (Lipinski definition) is 2. The summed E-state index contributed by atoms with van der Waals surface area (Å²) in [6.07, 6.45) is 0.617. The standard InChI is InChI=1S/C12H13N5O2/c13-5-12-15-8-17(16-12)6-9(18)7-19-11-4-2-1-3-10(11)14/h1-4,8-9,18H,6-7,14H2. The predicted molar refractivity (Wildman–Crippen MR) is 67.1 cm³/mol. The first kappa shape index (κ1) is 12.9. The Balaban J connectivity index is 1.87. The second-order valence-corrected chi connectivity index (χ2v) is 3.90. The molecule has 0 bridgehead atoms. The summed E-state index contributed by atoms with van der Waals surface area (Å²) in [4.78, 5) is 3.74. The number of rotatable bonds is 5. The summed E-state index contributed by atoms with van der Waals surface area (Å²) < 4.78 is 6.79. The van der Waals surface area contributed by atoms with Crippen LogP contribution < -0.4 is 10.5 Å². The number of ether oxygens (including phenoxy) is 1. The summed E-state index contributed by atoms with van der Waals surface area (Å²) in [6.45, 7) is 0.275. The van der Waals surface area contributed by atoms with Crippen molar-refractivity contribution in [2.45, 2.75) is 12.6 Å². The molecule has 1 aromatic heterocycles. The summed E-state index contributed by atoms with van der Waals surface area (Å²) in [5.74, 6) is 0.596. The van der Waals surface area contributed by atoms with Gasteiger partial charge in [-0.25, -0.2) is 9.67 Å². The van der Waals surface area contributed by atoms with E-state index in [-0.39, 0.29) is 19.0 Å². The average Bonchev–Trinajstić information content (AvgIpc) is 2.85. The highest BCUT2D eigenvalue weighted by molar-refractivity contribution is 5.51. The van der Waals surface area contributed by atoms with Crippen molar-refractivity contribution >= 4 is 5.69 Å². The van der Waals surface area contributed by atoms with Crippen molar-refractivity contribution in [1.29, 1.82) is 5.26 Å². The highest BCUT2D eigenvalue weighted by Gasteiger charge is 2.09. The molecule has 0 radical (unpaired) electrons. The fourth-order valence-corrected chi connectivity index (χ4v) is 1.50. The van der Waals surface area contributed by atoms with Crippen LogP contribution in [0.2, 0.25) is 0 Å². The molecule has 1 aromatic carbocycles.